The minimum absolute atomic E-state index is 0.00790. The van der Waals surface area contributed by atoms with Crippen LogP contribution >= 0.6 is 11.8 Å². The number of hydrogen-bond donors (Lipinski definition) is 1. The van der Waals surface area contributed by atoms with Crippen molar-refractivity contribution in [2.75, 3.05) is 5.32 Å². The number of nitrogens with zero attached hydrogens (tertiary/aromatic N) is 3. The van der Waals surface area contributed by atoms with Crippen molar-refractivity contribution in [2.45, 2.75) is 38.0 Å². The number of thioether (sulfide) groups is 1. The van der Waals surface area contributed by atoms with Crippen molar-refractivity contribution < 1.29 is 14.0 Å². The van der Waals surface area contributed by atoms with E-state index in [1.54, 1.807) is 17.1 Å². The molecule has 182 valence electrons. The van der Waals surface area contributed by atoms with Gasteiger partial charge in [0, 0.05) is 18.5 Å². The summed E-state index contributed by atoms with van der Waals surface area (Å²) in [6, 6.07) is 21.7. The number of carbonyl (C=O) groups is 2. The van der Waals surface area contributed by atoms with Crippen LogP contribution in [0.1, 0.15) is 41.1 Å². The molecule has 2 amide bonds. The summed E-state index contributed by atoms with van der Waals surface area (Å²) >= 11 is 1.24. The summed E-state index contributed by atoms with van der Waals surface area (Å²) in [5.74, 6) is -0.919. The number of aliphatic imine (C=N–C) groups is 1. The van der Waals surface area contributed by atoms with E-state index in [0.29, 0.717) is 17.3 Å². The molecule has 0 radical (unpaired) electrons. The maximum atomic E-state index is 13.6. The van der Waals surface area contributed by atoms with Gasteiger partial charge in [0.15, 0.2) is 5.17 Å². The largest absolute Gasteiger partial charge is 0.326 e. The average Bonchev–Trinajstić information content (AvgIpc) is 3.45. The first kappa shape index (κ1) is 23.9. The second-order valence-electron chi connectivity index (χ2n) is 8.99. The van der Waals surface area contributed by atoms with Crippen molar-refractivity contribution in [2.24, 2.45) is 10.1 Å². The molecule has 3 aromatic carbocycles. The van der Waals surface area contributed by atoms with Crippen molar-refractivity contribution in [3.63, 3.8) is 0 Å². The molecule has 2 atom stereocenters. The van der Waals surface area contributed by atoms with Gasteiger partial charge in [0.1, 0.15) is 11.1 Å². The summed E-state index contributed by atoms with van der Waals surface area (Å²) in [4.78, 5) is 29.6. The Morgan fingerprint density at radius 1 is 1.00 bits per heavy atom. The number of amidine groups is 1. The van der Waals surface area contributed by atoms with Crippen LogP contribution in [-0.2, 0) is 9.59 Å². The molecule has 6 nitrogen and oxygen atoms in total. The highest BCUT2D eigenvalue weighted by molar-refractivity contribution is 8.15. The van der Waals surface area contributed by atoms with Gasteiger partial charge in [-0.3, -0.25) is 9.59 Å². The van der Waals surface area contributed by atoms with E-state index in [-0.39, 0.29) is 30.1 Å². The Morgan fingerprint density at radius 3 is 2.31 bits per heavy atom. The number of carbonyl (C=O) groups excluding carboxylic acids is 2. The van der Waals surface area contributed by atoms with Gasteiger partial charge in [0.05, 0.1) is 11.8 Å². The first-order chi connectivity index (χ1) is 17.4. The van der Waals surface area contributed by atoms with Gasteiger partial charge < -0.3 is 5.32 Å². The Hall–Kier alpha value is -3.78. The summed E-state index contributed by atoms with van der Waals surface area (Å²) in [7, 11) is 0. The predicted molar refractivity (Wildman–Crippen MR) is 142 cm³/mol. The van der Waals surface area contributed by atoms with Crippen LogP contribution in [0.4, 0.5) is 10.1 Å². The number of hydrogen-bond acceptors (Lipinski definition) is 5. The lowest BCUT2D eigenvalue weighted by molar-refractivity contribution is -0.121. The van der Waals surface area contributed by atoms with Gasteiger partial charge >= 0.3 is 0 Å². The van der Waals surface area contributed by atoms with Crippen LogP contribution in [0.15, 0.2) is 82.9 Å². The fraction of sp³-hybridized carbons (Fsp3) is 0.214. The monoisotopic (exact) mass is 500 g/mol. The van der Waals surface area contributed by atoms with Crippen LogP contribution in [0, 0.1) is 19.7 Å². The lowest BCUT2D eigenvalue weighted by Gasteiger charge is -2.23. The van der Waals surface area contributed by atoms with Gasteiger partial charge in [-0.05, 0) is 49.2 Å². The predicted octanol–water partition coefficient (Wildman–Crippen LogP) is 5.62. The van der Waals surface area contributed by atoms with E-state index in [2.05, 4.69) is 10.3 Å². The van der Waals surface area contributed by atoms with Gasteiger partial charge in [-0.1, -0.05) is 71.4 Å². The van der Waals surface area contributed by atoms with Crippen molar-refractivity contribution in [1.29, 1.82) is 0 Å². The molecule has 0 unspecified atom stereocenters. The summed E-state index contributed by atoms with van der Waals surface area (Å²) in [6.07, 6.45) is 0.592. The molecule has 0 aromatic heterocycles. The van der Waals surface area contributed by atoms with Crippen LogP contribution in [0.2, 0.25) is 0 Å². The zero-order valence-corrected chi connectivity index (χ0v) is 20.8. The topological polar surface area (TPSA) is 74.1 Å². The third-order valence-electron chi connectivity index (χ3n) is 6.18. The van der Waals surface area contributed by atoms with Crippen LogP contribution in [0.25, 0.3) is 0 Å². The Balaban J connectivity index is 1.35. The molecule has 2 aliphatic heterocycles. The molecular weight excluding hydrogens is 475 g/mol. The molecule has 3 aromatic rings. The first-order valence-corrected chi connectivity index (χ1v) is 12.6. The Bertz CT molecular complexity index is 1350. The third-order valence-corrected chi connectivity index (χ3v) is 7.32. The Morgan fingerprint density at radius 2 is 1.64 bits per heavy atom. The lowest BCUT2D eigenvalue weighted by atomic mass is 9.98. The van der Waals surface area contributed by atoms with E-state index in [1.807, 2.05) is 62.4 Å². The van der Waals surface area contributed by atoms with E-state index >= 15 is 0 Å². The molecule has 36 heavy (non-hydrogen) atoms. The van der Waals surface area contributed by atoms with Gasteiger partial charge in [-0.2, -0.15) is 10.1 Å². The zero-order chi connectivity index (χ0) is 25.2. The lowest BCUT2D eigenvalue weighted by Crippen LogP contribution is -2.25. The second kappa shape index (κ2) is 10.1. The Kier molecular flexibility index (Phi) is 6.69. The molecule has 0 aliphatic carbocycles. The molecule has 8 heteroatoms. The fourth-order valence-electron chi connectivity index (χ4n) is 4.17. The van der Waals surface area contributed by atoms with Crippen molar-refractivity contribution >= 4 is 40.1 Å². The molecule has 2 aliphatic rings. The Labute approximate surface area is 213 Å². The van der Waals surface area contributed by atoms with E-state index in [9.17, 15) is 14.0 Å². The molecule has 2 heterocycles. The van der Waals surface area contributed by atoms with Crippen LogP contribution in [0.5, 0.6) is 0 Å². The quantitative estimate of drug-likeness (QED) is 0.493. The van der Waals surface area contributed by atoms with E-state index in [0.717, 1.165) is 28.0 Å². The molecule has 5 rings (SSSR count). The number of benzene rings is 3. The average molecular weight is 501 g/mol. The van der Waals surface area contributed by atoms with Gasteiger partial charge in [-0.25, -0.2) is 9.40 Å². The number of aryl methyl sites for hydroxylation is 2. The van der Waals surface area contributed by atoms with Gasteiger partial charge in [0.2, 0.25) is 5.91 Å². The normalized spacial score (nSPS) is 19.3. The highest BCUT2D eigenvalue weighted by atomic mass is 32.2. The second-order valence-corrected chi connectivity index (χ2v) is 10.2. The SMILES string of the molecule is Cc1ccc(NC(=O)C[C@@H]2SC(N3N=C(c4ccc(C)cc4)C[C@H]3c3ccc(F)cc3)=NC2=O)cc1. The van der Waals surface area contributed by atoms with E-state index in [4.69, 9.17) is 5.10 Å². The number of amides is 2. The summed E-state index contributed by atoms with van der Waals surface area (Å²) < 4.78 is 13.6. The van der Waals surface area contributed by atoms with Crippen molar-refractivity contribution in [3.05, 3.63) is 101 Å². The standard InChI is InChI=1S/C28H25FN4O2S/c1-17-3-7-19(8-4-17)23-15-24(20-9-11-21(29)12-10-20)33(32-23)28-31-27(35)25(36-28)16-26(34)30-22-13-5-18(2)6-14-22/h3-14,24-25H,15-16H2,1-2H3,(H,30,34)/t24-,25-/m0/s1. The fourth-order valence-corrected chi connectivity index (χ4v) is 5.23. The highest BCUT2D eigenvalue weighted by Gasteiger charge is 2.39. The number of nitrogens with one attached hydrogen (secondary N) is 1. The van der Waals surface area contributed by atoms with Gasteiger partial charge in [-0.15, -0.1) is 0 Å². The molecule has 1 N–H and O–H groups in total. The van der Waals surface area contributed by atoms with E-state index in [1.165, 1.54) is 23.9 Å². The number of anilines is 1. The van der Waals surface area contributed by atoms with Crippen LogP contribution in [0.3, 0.4) is 0 Å². The minimum Gasteiger partial charge on any atom is -0.326 e. The molecule has 0 bridgehead atoms. The molecule has 0 fully saturated rings. The highest BCUT2D eigenvalue weighted by Crippen LogP contribution is 2.38. The smallest absolute Gasteiger partial charge is 0.262 e. The van der Waals surface area contributed by atoms with Crippen molar-refractivity contribution in [1.82, 2.24) is 5.01 Å². The maximum absolute atomic E-state index is 13.6. The number of rotatable bonds is 5. The first-order valence-electron chi connectivity index (χ1n) is 11.7. The number of hydrazone groups is 1. The molecular formula is C28H25FN4O2S. The van der Waals surface area contributed by atoms with Crippen LogP contribution < -0.4 is 5.32 Å². The maximum Gasteiger partial charge on any atom is 0.262 e. The minimum atomic E-state index is -0.627. The van der Waals surface area contributed by atoms with E-state index < -0.39 is 5.25 Å². The summed E-state index contributed by atoms with van der Waals surface area (Å²) in [5.41, 5.74) is 5.65. The molecule has 0 saturated carbocycles. The summed E-state index contributed by atoms with van der Waals surface area (Å²) in [5, 5.41) is 9.23. The van der Waals surface area contributed by atoms with Crippen LogP contribution in [-0.4, -0.2) is 33.0 Å². The molecule has 0 spiro atoms. The zero-order valence-electron chi connectivity index (χ0n) is 19.9. The number of halogens is 1. The third kappa shape index (κ3) is 5.23. The summed E-state index contributed by atoms with van der Waals surface area (Å²) in [6.45, 7) is 4.00. The van der Waals surface area contributed by atoms with Crippen molar-refractivity contribution in [3.8, 4) is 0 Å². The van der Waals surface area contributed by atoms with Gasteiger partial charge in [0.25, 0.3) is 5.91 Å². The molecule has 0 saturated heterocycles.